The van der Waals surface area contributed by atoms with Gasteiger partial charge < -0.3 is 10.4 Å². The molecule has 5 heteroatoms. The van der Waals surface area contributed by atoms with Crippen molar-refractivity contribution < 1.29 is 14.7 Å². The first-order valence-corrected chi connectivity index (χ1v) is 6.50. The molecule has 0 bridgehead atoms. The summed E-state index contributed by atoms with van der Waals surface area (Å²) >= 11 is 5.86. The Morgan fingerprint density at radius 3 is 2.58 bits per heavy atom. The molecule has 0 heterocycles. The standard InChI is InChI=1S/C14H18ClNO3/c1-4-7-14(3,13(18)19)16-12(17)11-8-10(15)6-5-9(11)2/h5-6,8H,4,7H2,1-3H3,(H,16,17)(H,18,19). The van der Waals surface area contributed by atoms with Crippen LogP contribution in [0.25, 0.3) is 0 Å². The number of carboxylic acid groups (broad SMARTS) is 1. The lowest BCUT2D eigenvalue weighted by Gasteiger charge is -2.26. The van der Waals surface area contributed by atoms with Gasteiger partial charge in [0.25, 0.3) is 5.91 Å². The monoisotopic (exact) mass is 283 g/mol. The van der Waals surface area contributed by atoms with Gasteiger partial charge in [0.15, 0.2) is 0 Å². The molecule has 0 saturated heterocycles. The van der Waals surface area contributed by atoms with E-state index in [9.17, 15) is 14.7 Å². The Bertz CT molecular complexity index is 501. The van der Waals surface area contributed by atoms with Gasteiger partial charge in [-0.15, -0.1) is 0 Å². The predicted octanol–water partition coefficient (Wildman–Crippen LogP) is 3.02. The molecule has 0 aliphatic rings. The van der Waals surface area contributed by atoms with Crippen LogP contribution in [0.3, 0.4) is 0 Å². The molecule has 1 aromatic rings. The summed E-state index contributed by atoms with van der Waals surface area (Å²) in [4.78, 5) is 23.5. The Labute approximate surface area is 117 Å². The molecule has 19 heavy (non-hydrogen) atoms. The molecule has 4 nitrogen and oxygen atoms in total. The van der Waals surface area contributed by atoms with Crippen LogP contribution in [0.1, 0.15) is 42.6 Å². The highest BCUT2D eigenvalue weighted by molar-refractivity contribution is 6.31. The van der Waals surface area contributed by atoms with Crippen LogP contribution < -0.4 is 5.32 Å². The summed E-state index contributed by atoms with van der Waals surface area (Å²) in [5.74, 6) is -1.46. The van der Waals surface area contributed by atoms with E-state index >= 15 is 0 Å². The Balaban J connectivity index is 3.00. The fourth-order valence-corrected chi connectivity index (χ4v) is 2.05. The minimum atomic E-state index is -1.26. The Hall–Kier alpha value is -1.55. The van der Waals surface area contributed by atoms with Crippen LogP contribution in [-0.4, -0.2) is 22.5 Å². The number of hydrogen-bond acceptors (Lipinski definition) is 2. The third-order valence-corrected chi connectivity index (χ3v) is 3.29. The number of nitrogens with one attached hydrogen (secondary N) is 1. The number of aryl methyl sites for hydroxylation is 1. The Kier molecular flexibility index (Phi) is 4.95. The molecule has 1 unspecified atom stereocenters. The zero-order valence-electron chi connectivity index (χ0n) is 11.3. The number of aliphatic carboxylic acids is 1. The van der Waals surface area contributed by atoms with E-state index < -0.39 is 17.4 Å². The van der Waals surface area contributed by atoms with E-state index in [0.29, 0.717) is 23.4 Å². The number of carboxylic acids is 1. The van der Waals surface area contributed by atoms with Gasteiger partial charge in [0.1, 0.15) is 5.54 Å². The van der Waals surface area contributed by atoms with E-state index in [4.69, 9.17) is 11.6 Å². The summed E-state index contributed by atoms with van der Waals surface area (Å²) in [5, 5.41) is 12.3. The van der Waals surface area contributed by atoms with Gasteiger partial charge in [-0.25, -0.2) is 4.79 Å². The zero-order chi connectivity index (χ0) is 14.6. The first-order valence-electron chi connectivity index (χ1n) is 6.12. The minimum absolute atomic E-state index is 0.369. The molecule has 0 spiro atoms. The topological polar surface area (TPSA) is 66.4 Å². The molecule has 2 N–H and O–H groups in total. The van der Waals surface area contributed by atoms with E-state index in [2.05, 4.69) is 5.32 Å². The maximum absolute atomic E-state index is 12.2. The van der Waals surface area contributed by atoms with E-state index in [1.165, 1.54) is 6.92 Å². The summed E-state index contributed by atoms with van der Waals surface area (Å²) in [7, 11) is 0. The van der Waals surface area contributed by atoms with Crippen molar-refractivity contribution in [2.45, 2.75) is 39.2 Å². The fraction of sp³-hybridized carbons (Fsp3) is 0.429. The lowest BCUT2D eigenvalue weighted by molar-refractivity contribution is -0.144. The molecule has 0 saturated carbocycles. The van der Waals surface area contributed by atoms with Crippen LogP contribution in [-0.2, 0) is 4.79 Å². The van der Waals surface area contributed by atoms with Crippen molar-refractivity contribution in [2.24, 2.45) is 0 Å². The lowest BCUT2D eigenvalue weighted by Crippen LogP contribution is -2.52. The van der Waals surface area contributed by atoms with Gasteiger partial charge in [-0.2, -0.15) is 0 Å². The van der Waals surface area contributed by atoms with Crippen LogP contribution in [0.5, 0.6) is 0 Å². The highest BCUT2D eigenvalue weighted by Crippen LogP contribution is 2.18. The third kappa shape index (κ3) is 3.70. The van der Waals surface area contributed by atoms with Crippen LogP contribution in [0.4, 0.5) is 0 Å². The van der Waals surface area contributed by atoms with Gasteiger partial charge >= 0.3 is 5.97 Å². The molecule has 0 aliphatic heterocycles. The molecule has 1 atom stereocenters. The van der Waals surface area contributed by atoms with Crippen LogP contribution in [0.15, 0.2) is 18.2 Å². The van der Waals surface area contributed by atoms with Crippen LogP contribution in [0, 0.1) is 6.92 Å². The molecular formula is C14H18ClNO3. The molecule has 1 amide bonds. The predicted molar refractivity (Wildman–Crippen MR) is 74.6 cm³/mol. The maximum Gasteiger partial charge on any atom is 0.329 e. The zero-order valence-corrected chi connectivity index (χ0v) is 12.0. The smallest absolute Gasteiger partial charge is 0.329 e. The quantitative estimate of drug-likeness (QED) is 0.873. The summed E-state index contributed by atoms with van der Waals surface area (Å²) in [6.45, 7) is 5.16. The summed E-state index contributed by atoms with van der Waals surface area (Å²) in [5.41, 5.74) is -0.108. The maximum atomic E-state index is 12.2. The molecular weight excluding hydrogens is 266 g/mol. The van der Waals surface area contributed by atoms with E-state index in [-0.39, 0.29) is 0 Å². The van der Waals surface area contributed by atoms with Gasteiger partial charge in [-0.3, -0.25) is 4.79 Å². The van der Waals surface area contributed by atoms with Gasteiger partial charge in [0, 0.05) is 10.6 Å². The SMILES string of the molecule is CCCC(C)(NC(=O)c1cc(Cl)ccc1C)C(=O)O. The van der Waals surface area contributed by atoms with Crippen molar-refractivity contribution >= 4 is 23.5 Å². The number of rotatable bonds is 5. The number of hydrogen-bond donors (Lipinski definition) is 2. The average Bonchev–Trinajstić information content (AvgIpc) is 2.32. The number of benzene rings is 1. The van der Waals surface area contributed by atoms with Gasteiger partial charge in [-0.1, -0.05) is 31.0 Å². The number of amides is 1. The largest absolute Gasteiger partial charge is 0.480 e. The average molecular weight is 284 g/mol. The highest BCUT2D eigenvalue weighted by atomic mass is 35.5. The van der Waals surface area contributed by atoms with Crippen molar-refractivity contribution in [2.75, 3.05) is 0 Å². The van der Waals surface area contributed by atoms with Gasteiger partial charge in [-0.05, 0) is 38.0 Å². The highest BCUT2D eigenvalue weighted by Gasteiger charge is 2.34. The molecule has 0 fully saturated rings. The first-order chi connectivity index (χ1) is 8.80. The molecule has 104 valence electrons. The van der Waals surface area contributed by atoms with Crippen LogP contribution in [0.2, 0.25) is 5.02 Å². The van der Waals surface area contributed by atoms with E-state index in [0.717, 1.165) is 5.56 Å². The molecule has 0 radical (unpaired) electrons. The third-order valence-electron chi connectivity index (χ3n) is 3.06. The Morgan fingerprint density at radius 1 is 1.42 bits per heavy atom. The summed E-state index contributed by atoms with van der Waals surface area (Å²) < 4.78 is 0. The second-order valence-corrected chi connectivity index (χ2v) is 5.24. The van der Waals surface area contributed by atoms with Crippen molar-refractivity contribution in [1.29, 1.82) is 0 Å². The lowest BCUT2D eigenvalue weighted by atomic mass is 9.95. The van der Waals surface area contributed by atoms with E-state index in [1.807, 2.05) is 6.92 Å². The van der Waals surface area contributed by atoms with Gasteiger partial charge in [0.05, 0.1) is 0 Å². The van der Waals surface area contributed by atoms with Crippen LogP contribution >= 0.6 is 11.6 Å². The second kappa shape index (κ2) is 6.06. The Morgan fingerprint density at radius 2 is 2.05 bits per heavy atom. The second-order valence-electron chi connectivity index (χ2n) is 4.80. The summed E-state index contributed by atoms with van der Waals surface area (Å²) in [6, 6.07) is 4.96. The first kappa shape index (κ1) is 15.5. The normalized spacial score (nSPS) is 13.7. The molecule has 0 aliphatic carbocycles. The van der Waals surface area contributed by atoms with Crippen molar-refractivity contribution in [3.05, 3.63) is 34.3 Å². The number of carbonyl (C=O) groups excluding carboxylic acids is 1. The van der Waals surface area contributed by atoms with Crippen molar-refractivity contribution in [3.8, 4) is 0 Å². The molecule has 1 aromatic carbocycles. The minimum Gasteiger partial charge on any atom is -0.480 e. The molecule has 0 aromatic heterocycles. The molecule has 1 rings (SSSR count). The van der Waals surface area contributed by atoms with Crippen molar-refractivity contribution in [1.82, 2.24) is 5.32 Å². The number of carbonyl (C=O) groups is 2. The summed E-state index contributed by atoms with van der Waals surface area (Å²) in [6.07, 6.45) is 1.03. The number of halogens is 1. The van der Waals surface area contributed by atoms with Gasteiger partial charge in [0.2, 0.25) is 0 Å². The van der Waals surface area contributed by atoms with E-state index in [1.54, 1.807) is 25.1 Å². The van der Waals surface area contributed by atoms with Crippen molar-refractivity contribution in [3.63, 3.8) is 0 Å². The fourth-order valence-electron chi connectivity index (χ4n) is 1.88.